The van der Waals surface area contributed by atoms with Gasteiger partial charge in [-0.15, -0.1) is 0 Å². The van der Waals surface area contributed by atoms with Gasteiger partial charge in [-0.3, -0.25) is 4.79 Å². The molecular formula is C19H22N4O3. The Labute approximate surface area is 152 Å². The molecule has 1 aromatic carbocycles. The van der Waals surface area contributed by atoms with Crippen molar-refractivity contribution in [2.45, 2.75) is 38.0 Å². The summed E-state index contributed by atoms with van der Waals surface area (Å²) in [6, 6.07) is 8.90. The van der Waals surface area contributed by atoms with Crippen molar-refractivity contribution >= 4 is 5.91 Å². The molecule has 1 saturated heterocycles. The second-order valence-electron chi connectivity index (χ2n) is 6.23. The van der Waals surface area contributed by atoms with E-state index in [1.165, 1.54) is 0 Å². The number of carbonyl (C=O) groups excluding carboxylic acids is 1. The number of imidazole rings is 1. The smallest absolute Gasteiger partial charge is 0.220 e. The molecule has 0 spiro atoms. The summed E-state index contributed by atoms with van der Waals surface area (Å²) in [5.74, 6) is 0.685. The minimum absolute atomic E-state index is 0.00552. The van der Waals surface area contributed by atoms with Crippen molar-refractivity contribution in [2.24, 2.45) is 0 Å². The number of amides is 1. The van der Waals surface area contributed by atoms with E-state index in [4.69, 9.17) is 14.7 Å². The molecule has 0 radical (unpaired) electrons. The van der Waals surface area contributed by atoms with E-state index in [0.29, 0.717) is 37.4 Å². The van der Waals surface area contributed by atoms with Crippen molar-refractivity contribution < 1.29 is 14.3 Å². The Kier molecular flexibility index (Phi) is 6.23. The number of ether oxygens (including phenoxy) is 2. The summed E-state index contributed by atoms with van der Waals surface area (Å²) < 4.78 is 13.5. The molecular weight excluding hydrogens is 332 g/mol. The fraction of sp³-hybridized carbons (Fsp3) is 0.421. The van der Waals surface area contributed by atoms with Gasteiger partial charge in [0.1, 0.15) is 11.9 Å². The van der Waals surface area contributed by atoms with Gasteiger partial charge >= 0.3 is 0 Å². The lowest BCUT2D eigenvalue weighted by Crippen LogP contribution is -2.51. The fourth-order valence-corrected chi connectivity index (χ4v) is 2.90. The number of hydrogen-bond donors (Lipinski definition) is 1. The van der Waals surface area contributed by atoms with Crippen LogP contribution in [0, 0.1) is 11.3 Å². The number of benzene rings is 1. The maximum Gasteiger partial charge on any atom is 0.220 e. The molecule has 3 rings (SSSR count). The summed E-state index contributed by atoms with van der Waals surface area (Å²) in [4.78, 5) is 16.2. The lowest BCUT2D eigenvalue weighted by Gasteiger charge is -2.32. The van der Waals surface area contributed by atoms with Crippen LogP contribution in [0.25, 0.3) is 0 Å². The number of aromatic nitrogens is 2. The molecule has 0 aliphatic carbocycles. The van der Waals surface area contributed by atoms with Gasteiger partial charge in [-0.2, -0.15) is 5.26 Å². The van der Waals surface area contributed by atoms with Crippen LogP contribution in [0.4, 0.5) is 0 Å². The van der Waals surface area contributed by atoms with Gasteiger partial charge in [-0.25, -0.2) is 4.98 Å². The molecule has 0 saturated carbocycles. The van der Waals surface area contributed by atoms with Gasteiger partial charge < -0.3 is 19.4 Å². The van der Waals surface area contributed by atoms with E-state index in [2.05, 4.69) is 16.4 Å². The first kappa shape index (κ1) is 18.0. The zero-order chi connectivity index (χ0) is 18.2. The van der Waals surface area contributed by atoms with Gasteiger partial charge in [-0.05, 0) is 30.7 Å². The Morgan fingerprint density at radius 2 is 2.27 bits per heavy atom. The van der Waals surface area contributed by atoms with E-state index >= 15 is 0 Å². The predicted octanol–water partition coefficient (Wildman–Crippen LogP) is 1.89. The second kappa shape index (κ2) is 9.02. The molecule has 0 bridgehead atoms. The van der Waals surface area contributed by atoms with Crippen LogP contribution in [0.3, 0.4) is 0 Å². The normalized spacial score (nSPS) is 19.5. The molecule has 7 heteroatoms. The Bertz CT molecular complexity index is 737. The average molecular weight is 354 g/mol. The Hall–Kier alpha value is -2.85. The molecule has 1 aliphatic heterocycles. The molecule has 1 N–H and O–H groups in total. The molecule has 2 atom stereocenters. The highest BCUT2D eigenvalue weighted by atomic mass is 16.5. The van der Waals surface area contributed by atoms with E-state index < -0.39 is 0 Å². The number of nitrogens with one attached hydrogen (secondary N) is 1. The van der Waals surface area contributed by atoms with E-state index in [-0.39, 0.29) is 18.1 Å². The summed E-state index contributed by atoms with van der Waals surface area (Å²) >= 11 is 0. The van der Waals surface area contributed by atoms with Gasteiger partial charge in [-0.1, -0.05) is 0 Å². The lowest BCUT2D eigenvalue weighted by molar-refractivity contribution is -0.124. The molecule has 1 amide bonds. The lowest BCUT2D eigenvalue weighted by atomic mass is 10.1. The summed E-state index contributed by atoms with van der Waals surface area (Å²) in [5, 5.41) is 11.9. The standard InChI is InChI=1S/C19H22N4O3/c20-12-15-3-5-16(6-4-15)26-18-7-11-25-13-17(18)22-19(24)2-1-9-23-10-8-21-14-23/h3-6,8,10,14,17-18H,1-2,7,9,11,13H2,(H,22,24)/t17-,18-/m1/s1. The highest BCUT2D eigenvalue weighted by Gasteiger charge is 2.28. The maximum atomic E-state index is 12.2. The van der Waals surface area contributed by atoms with Crippen molar-refractivity contribution in [3.8, 4) is 11.8 Å². The minimum Gasteiger partial charge on any atom is -0.488 e. The molecule has 1 aromatic heterocycles. The number of aryl methyl sites for hydroxylation is 1. The topological polar surface area (TPSA) is 89.2 Å². The number of carbonyl (C=O) groups is 1. The summed E-state index contributed by atoms with van der Waals surface area (Å²) in [7, 11) is 0. The monoisotopic (exact) mass is 354 g/mol. The summed E-state index contributed by atoms with van der Waals surface area (Å²) in [6.07, 6.45) is 7.11. The van der Waals surface area contributed by atoms with Gasteiger partial charge in [0.15, 0.2) is 0 Å². The van der Waals surface area contributed by atoms with Crippen LogP contribution in [0.5, 0.6) is 5.75 Å². The molecule has 1 fully saturated rings. The van der Waals surface area contributed by atoms with Crippen LogP contribution < -0.4 is 10.1 Å². The first-order chi connectivity index (χ1) is 12.7. The van der Waals surface area contributed by atoms with Crippen molar-refractivity contribution in [1.82, 2.24) is 14.9 Å². The second-order valence-corrected chi connectivity index (χ2v) is 6.23. The summed E-state index contributed by atoms with van der Waals surface area (Å²) in [5.41, 5.74) is 0.590. The predicted molar refractivity (Wildman–Crippen MR) is 94.4 cm³/mol. The van der Waals surface area contributed by atoms with Gasteiger partial charge in [0.2, 0.25) is 5.91 Å². The molecule has 1 aliphatic rings. The van der Waals surface area contributed by atoms with Crippen LogP contribution in [-0.4, -0.2) is 40.8 Å². The van der Waals surface area contributed by atoms with Crippen LogP contribution in [-0.2, 0) is 16.1 Å². The number of rotatable bonds is 7. The summed E-state index contributed by atoms with van der Waals surface area (Å²) in [6.45, 7) is 1.81. The molecule has 26 heavy (non-hydrogen) atoms. The van der Waals surface area contributed by atoms with Crippen molar-refractivity contribution in [3.05, 3.63) is 48.5 Å². The molecule has 2 aromatic rings. The quantitative estimate of drug-likeness (QED) is 0.820. The van der Waals surface area contributed by atoms with Crippen molar-refractivity contribution in [1.29, 1.82) is 5.26 Å². The van der Waals surface area contributed by atoms with E-state index in [9.17, 15) is 4.79 Å². The van der Waals surface area contributed by atoms with Crippen LogP contribution in [0.1, 0.15) is 24.8 Å². The van der Waals surface area contributed by atoms with Crippen LogP contribution in [0.2, 0.25) is 0 Å². The number of hydrogen-bond acceptors (Lipinski definition) is 5. The third-order valence-corrected chi connectivity index (χ3v) is 4.29. The Balaban J connectivity index is 1.49. The highest BCUT2D eigenvalue weighted by Crippen LogP contribution is 2.19. The zero-order valence-electron chi connectivity index (χ0n) is 14.5. The van der Waals surface area contributed by atoms with E-state index in [1.54, 1.807) is 36.8 Å². The van der Waals surface area contributed by atoms with Crippen molar-refractivity contribution in [2.75, 3.05) is 13.2 Å². The minimum atomic E-state index is -0.180. The highest BCUT2D eigenvalue weighted by molar-refractivity contribution is 5.76. The SMILES string of the molecule is N#Cc1ccc(O[C@@H]2CCOC[C@H]2NC(=O)CCCn2ccnc2)cc1. The maximum absolute atomic E-state index is 12.2. The molecule has 2 heterocycles. The average Bonchev–Trinajstić information content (AvgIpc) is 3.17. The Morgan fingerprint density at radius 3 is 3.00 bits per heavy atom. The zero-order valence-corrected chi connectivity index (χ0v) is 14.5. The largest absolute Gasteiger partial charge is 0.488 e. The van der Waals surface area contributed by atoms with Crippen molar-refractivity contribution in [3.63, 3.8) is 0 Å². The van der Waals surface area contributed by atoms with Gasteiger partial charge in [0.05, 0.1) is 37.2 Å². The third kappa shape index (κ3) is 5.07. The van der Waals surface area contributed by atoms with E-state index in [0.717, 1.165) is 13.0 Å². The number of nitriles is 1. The third-order valence-electron chi connectivity index (χ3n) is 4.29. The molecule has 7 nitrogen and oxygen atoms in total. The van der Waals surface area contributed by atoms with Gasteiger partial charge in [0, 0.05) is 31.8 Å². The van der Waals surface area contributed by atoms with Crippen LogP contribution in [0.15, 0.2) is 43.0 Å². The first-order valence-corrected chi connectivity index (χ1v) is 8.74. The number of nitrogens with zero attached hydrogens (tertiary/aromatic N) is 3. The first-order valence-electron chi connectivity index (χ1n) is 8.74. The Morgan fingerprint density at radius 1 is 1.42 bits per heavy atom. The molecule has 136 valence electrons. The molecule has 0 unspecified atom stereocenters. The van der Waals surface area contributed by atoms with E-state index in [1.807, 2.05) is 10.8 Å². The van der Waals surface area contributed by atoms with Crippen LogP contribution >= 0.6 is 0 Å². The van der Waals surface area contributed by atoms with Gasteiger partial charge in [0.25, 0.3) is 0 Å². The fourth-order valence-electron chi connectivity index (χ4n) is 2.90.